The molecule has 0 amide bonds. The van der Waals surface area contributed by atoms with Crippen LogP contribution in [0.4, 0.5) is 0 Å². The minimum absolute atomic E-state index is 0.297. The van der Waals surface area contributed by atoms with Crippen molar-refractivity contribution in [2.45, 2.75) is 31.7 Å². The second-order valence-electron chi connectivity index (χ2n) is 5.60. The van der Waals surface area contributed by atoms with Crippen LogP contribution >= 0.6 is 0 Å². The molecule has 0 saturated carbocycles. The van der Waals surface area contributed by atoms with Crippen LogP contribution in [0.5, 0.6) is 0 Å². The highest BCUT2D eigenvalue weighted by Crippen LogP contribution is 2.16. The van der Waals surface area contributed by atoms with Crippen LogP contribution in [0.15, 0.2) is 0 Å². The van der Waals surface area contributed by atoms with Gasteiger partial charge < -0.3 is 10.2 Å². The molecule has 0 bridgehead atoms. The van der Waals surface area contributed by atoms with Crippen molar-refractivity contribution in [3.05, 3.63) is 0 Å². The Morgan fingerprint density at radius 3 is 2.61 bits per heavy atom. The highest BCUT2D eigenvalue weighted by Gasteiger charge is 2.25. The lowest BCUT2D eigenvalue weighted by Crippen LogP contribution is -2.41. The molecule has 18 heavy (non-hydrogen) atoms. The topological polar surface area (TPSA) is 61.4 Å². The van der Waals surface area contributed by atoms with Gasteiger partial charge in [-0.05, 0) is 58.3 Å². The van der Waals surface area contributed by atoms with Crippen molar-refractivity contribution in [1.82, 2.24) is 14.9 Å². The Balaban J connectivity index is 1.76. The van der Waals surface area contributed by atoms with Crippen molar-refractivity contribution in [1.29, 1.82) is 0 Å². The highest BCUT2D eigenvalue weighted by atomic mass is 32.2. The number of likely N-dealkylation sites (tertiary alicyclic amines) is 1. The summed E-state index contributed by atoms with van der Waals surface area (Å²) >= 11 is 0. The van der Waals surface area contributed by atoms with Gasteiger partial charge in [0.25, 0.3) is 0 Å². The summed E-state index contributed by atoms with van der Waals surface area (Å²) in [6, 6.07) is 0.382. The van der Waals surface area contributed by atoms with E-state index in [9.17, 15) is 8.42 Å². The number of hydrogen-bond acceptors (Lipinski definition) is 4. The zero-order valence-electron chi connectivity index (χ0n) is 11.2. The Morgan fingerprint density at radius 2 is 2.00 bits per heavy atom. The third kappa shape index (κ3) is 4.19. The fourth-order valence-electron chi connectivity index (χ4n) is 2.88. The minimum atomic E-state index is -3.10. The molecule has 0 spiro atoms. The second-order valence-corrected chi connectivity index (χ2v) is 7.45. The molecule has 106 valence electrons. The summed E-state index contributed by atoms with van der Waals surface area (Å²) in [6.07, 6.45) is 4.23. The minimum Gasteiger partial charge on any atom is -0.317 e. The summed E-state index contributed by atoms with van der Waals surface area (Å²) in [5.41, 5.74) is 0. The molecule has 0 radical (unpaired) electrons. The van der Waals surface area contributed by atoms with Crippen LogP contribution < -0.4 is 10.0 Å². The molecule has 1 atom stereocenters. The van der Waals surface area contributed by atoms with Crippen LogP contribution in [0, 0.1) is 5.92 Å². The van der Waals surface area contributed by atoms with E-state index >= 15 is 0 Å². The molecular formula is C12H25N3O2S. The van der Waals surface area contributed by atoms with Crippen LogP contribution in [0.3, 0.4) is 0 Å². The average molecular weight is 275 g/mol. The van der Waals surface area contributed by atoms with Gasteiger partial charge in [0, 0.05) is 12.6 Å². The maximum atomic E-state index is 12.0. The lowest BCUT2D eigenvalue weighted by molar-refractivity contribution is 0.310. The fraction of sp³-hybridized carbons (Fsp3) is 1.00. The van der Waals surface area contributed by atoms with E-state index in [4.69, 9.17) is 0 Å². The summed E-state index contributed by atoms with van der Waals surface area (Å²) in [4.78, 5) is 2.24. The van der Waals surface area contributed by atoms with Crippen LogP contribution in [0.2, 0.25) is 0 Å². The second kappa shape index (κ2) is 6.32. The predicted molar refractivity (Wildman–Crippen MR) is 73.0 cm³/mol. The maximum Gasteiger partial charge on any atom is 0.211 e. The molecule has 2 N–H and O–H groups in total. The number of likely N-dealkylation sites (N-methyl/N-ethyl adjacent to an activating group) is 1. The van der Waals surface area contributed by atoms with Crippen LogP contribution in [-0.2, 0) is 10.0 Å². The van der Waals surface area contributed by atoms with Gasteiger partial charge in [0.2, 0.25) is 10.0 Å². The molecule has 0 aromatic rings. The van der Waals surface area contributed by atoms with Crippen LogP contribution in [0.25, 0.3) is 0 Å². The SMILES string of the molecule is CN1CCCC1CNS(=O)(=O)CC1CCNCC1. The van der Waals surface area contributed by atoms with Crippen molar-refractivity contribution in [3.8, 4) is 0 Å². The first-order valence-corrected chi connectivity index (χ1v) is 8.60. The van der Waals surface area contributed by atoms with Gasteiger partial charge in [-0.3, -0.25) is 0 Å². The van der Waals surface area contributed by atoms with E-state index in [0.717, 1.165) is 38.9 Å². The first-order valence-electron chi connectivity index (χ1n) is 6.95. The van der Waals surface area contributed by atoms with E-state index in [0.29, 0.717) is 24.3 Å². The van der Waals surface area contributed by atoms with Gasteiger partial charge in [-0.25, -0.2) is 13.1 Å². The van der Waals surface area contributed by atoms with Gasteiger partial charge in [0.1, 0.15) is 0 Å². The molecule has 1 unspecified atom stereocenters. The van der Waals surface area contributed by atoms with Crippen LogP contribution in [-0.4, -0.2) is 58.3 Å². The molecule has 2 aliphatic heterocycles. The monoisotopic (exact) mass is 275 g/mol. The standard InChI is InChI=1S/C12H25N3O2S/c1-15-8-2-3-12(15)9-14-18(16,17)10-11-4-6-13-7-5-11/h11-14H,2-10H2,1H3. The van der Waals surface area contributed by atoms with E-state index in [1.807, 2.05) is 0 Å². The lowest BCUT2D eigenvalue weighted by atomic mass is 10.0. The quantitative estimate of drug-likeness (QED) is 0.741. The van der Waals surface area contributed by atoms with Gasteiger partial charge in [-0.2, -0.15) is 0 Å². The normalized spacial score (nSPS) is 27.7. The van der Waals surface area contributed by atoms with Crippen molar-refractivity contribution >= 4 is 10.0 Å². The van der Waals surface area contributed by atoms with Gasteiger partial charge in [0.05, 0.1) is 5.75 Å². The number of rotatable bonds is 5. The number of sulfonamides is 1. The number of nitrogens with zero attached hydrogens (tertiary/aromatic N) is 1. The Labute approximate surface area is 110 Å². The third-order valence-electron chi connectivity index (χ3n) is 4.12. The molecule has 2 rings (SSSR count). The fourth-order valence-corrected chi connectivity index (χ4v) is 4.40. The van der Waals surface area contributed by atoms with E-state index < -0.39 is 10.0 Å². The van der Waals surface area contributed by atoms with Crippen molar-refractivity contribution in [3.63, 3.8) is 0 Å². The number of nitrogens with one attached hydrogen (secondary N) is 2. The Kier molecular flexibility index (Phi) is 5.00. The molecule has 2 aliphatic rings. The average Bonchev–Trinajstić information content (AvgIpc) is 2.73. The number of hydrogen-bond donors (Lipinski definition) is 2. The Bertz CT molecular complexity index is 352. The molecule has 2 heterocycles. The molecule has 0 aromatic carbocycles. The number of piperidine rings is 1. The summed E-state index contributed by atoms with van der Waals surface area (Å²) < 4.78 is 26.8. The third-order valence-corrected chi connectivity index (χ3v) is 5.64. The Hall–Kier alpha value is -0.170. The Morgan fingerprint density at radius 1 is 1.28 bits per heavy atom. The molecule has 2 saturated heterocycles. The van der Waals surface area contributed by atoms with Crippen molar-refractivity contribution < 1.29 is 8.42 Å². The van der Waals surface area contributed by atoms with E-state index in [2.05, 4.69) is 22.0 Å². The van der Waals surface area contributed by atoms with Gasteiger partial charge in [0.15, 0.2) is 0 Å². The molecular weight excluding hydrogens is 250 g/mol. The summed E-state index contributed by atoms with van der Waals surface area (Å²) in [7, 11) is -1.03. The summed E-state index contributed by atoms with van der Waals surface area (Å²) in [5, 5.41) is 3.26. The van der Waals surface area contributed by atoms with Gasteiger partial charge in [-0.15, -0.1) is 0 Å². The van der Waals surface area contributed by atoms with Crippen molar-refractivity contribution in [2.75, 3.05) is 39.0 Å². The highest BCUT2D eigenvalue weighted by molar-refractivity contribution is 7.89. The molecule has 2 fully saturated rings. The van der Waals surface area contributed by atoms with Crippen molar-refractivity contribution in [2.24, 2.45) is 5.92 Å². The smallest absolute Gasteiger partial charge is 0.211 e. The van der Waals surface area contributed by atoms with Gasteiger partial charge in [-0.1, -0.05) is 0 Å². The maximum absolute atomic E-state index is 12.0. The summed E-state index contributed by atoms with van der Waals surface area (Å²) in [5.74, 6) is 0.621. The van der Waals surface area contributed by atoms with Crippen LogP contribution in [0.1, 0.15) is 25.7 Å². The molecule has 0 aromatic heterocycles. The summed E-state index contributed by atoms with van der Waals surface area (Å²) in [6.45, 7) is 3.56. The first kappa shape index (κ1) is 14.2. The largest absolute Gasteiger partial charge is 0.317 e. The van der Waals surface area contributed by atoms with Gasteiger partial charge >= 0.3 is 0 Å². The zero-order valence-corrected chi connectivity index (χ0v) is 12.0. The lowest BCUT2D eigenvalue weighted by Gasteiger charge is -2.24. The van der Waals surface area contributed by atoms with E-state index in [-0.39, 0.29) is 0 Å². The molecule has 5 nitrogen and oxygen atoms in total. The molecule has 0 aliphatic carbocycles. The first-order chi connectivity index (χ1) is 8.57. The molecule has 6 heteroatoms. The zero-order chi connectivity index (χ0) is 13.0. The van der Waals surface area contributed by atoms with E-state index in [1.54, 1.807) is 0 Å². The van der Waals surface area contributed by atoms with E-state index in [1.165, 1.54) is 6.42 Å². The predicted octanol–water partition coefficient (Wildman–Crippen LogP) is -0.000400.